The molecule has 1 heteroatoms. The average Bonchev–Trinajstić information content (AvgIpc) is 2.01. The van der Waals surface area contributed by atoms with E-state index in [-0.39, 0.29) is 18.9 Å². The van der Waals surface area contributed by atoms with Crippen molar-refractivity contribution in [2.24, 2.45) is 0 Å². The third-order valence-corrected chi connectivity index (χ3v) is 1.21. The first-order valence-electron chi connectivity index (χ1n) is 4.41. The molecule has 0 aliphatic heterocycles. The minimum atomic E-state index is 0. The standard InChI is InChI=1S/C6H13.C4H9.Li/c1-3-5-6-4-2;1-3-4-2;/h1,3-6H2,2H3;1,3-4H2,2H3;/q2*-1;+1. The molecule has 0 bridgehead atoms. The summed E-state index contributed by atoms with van der Waals surface area (Å²) in [5.74, 6) is 0. The monoisotopic (exact) mass is 149 g/mol. The Morgan fingerprint density at radius 3 is 1.36 bits per heavy atom. The molecule has 0 rings (SSSR count). The predicted molar refractivity (Wildman–Crippen MR) is 49.8 cm³/mol. The molecule has 11 heavy (non-hydrogen) atoms. The van der Waals surface area contributed by atoms with Crippen molar-refractivity contribution in [3.8, 4) is 0 Å². The van der Waals surface area contributed by atoms with Crippen LogP contribution < -0.4 is 18.9 Å². The zero-order chi connectivity index (χ0) is 8.24. The van der Waals surface area contributed by atoms with Crippen molar-refractivity contribution in [3.05, 3.63) is 13.8 Å². The first kappa shape index (κ1) is 17.6. The molecule has 0 aromatic carbocycles. The molecule has 0 aliphatic carbocycles. The van der Waals surface area contributed by atoms with Crippen LogP contribution in [0.2, 0.25) is 0 Å². The third kappa shape index (κ3) is 37.1. The van der Waals surface area contributed by atoms with E-state index < -0.39 is 0 Å². The molecular weight excluding hydrogens is 127 g/mol. The maximum Gasteiger partial charge on any atom is 1.00 e. The quantitative estimate of drug-likeness (QED) is 0.318. The van der Waals surface area contributed by atoms with Gasteiger partial charge in [-0.2, -0.15) is 12.8 Å². The normalized spacial score (nSPS) is 7.64. The van der Waals surface area contributed by atoms with Gasteiger partial charge >= 0.3 is 18.9 Å². The molecule has 0 aliphatic rings. The van der Waals surface area contributed by atoms with Gasteiger partial charge in [-0.1, -0.05) is 39.5 Å². The fraction of sp³-hybridized carbons (Fsp3) is 0.800. The summed E-state index contributed by atoms with van der Waals surface area (Å²) in [6, 6.07) is 0. The molecule has 0 amide bonds. The van der Waals surface area contributed by atoms with Gasteiger partial charge in [-0.05, 0) is 0 Å². The molecule has 0 unspecified atom stereocenters. The molecule has 0 saturated carbocycles. The number of hydrogen-bond acceptors (Lipinski definition) is 0. The van der Waals surface area contributed by atoms with Gasteiger partial charge in [0.05, 0.1) is 0 Å². The molecule has 0 heterocycles. The van der Waals surface area contributed by atoms with Crippen LogP contribution in [-0.2, 0) is 0 Å². The molecule has 0 saturated heterocycles. The Bertz CT molecular complexity index is 29.9. The molecule has 0 radical (unpaired) electrons. The van der Waals surface area contributed by atoms with Crippen molar-refractivity contribution in [2.45, 2.75) is 52.4 Å². The summed E-state index contributed by atoms with van der Waals surface area (Å²) in [6.45, 7) is 11.6. The van der Waals surface area contributed by atoms with E-state index in [1.165, 1.54) is 25.7 Å². The summed E-state index contributed by atoms with van der Waals surface area (Å²) in [6.07, 6.45) is 7.35. The minimum Gasteiger partial charge on any atom is -0.343 e. The zero-order valence-corrected chi connectivity index (χ0v) is 8.66. The van der Waals surface area contributed by atoms with E-state index in [1.807, 2.05) is 0 Å². The first-order chi connectivity index (χ1) is 4.83. The van der Waals surface area contributed by atoms with Gasteiger partial charge in [0.25, 0.3) is 0 Å². The van der Waals surface area contributed by atoms with Crippen molar-refractivity contribution in [1.82, 2.24) is 0 Å². The third-order valence-electron chi connectivity index (χ3n) is 1.21. The van der Waals surface area contributed by atoms with Crippen molar-refractivity contribution < 1.29 is 18.9 Å². The topological polar surface area (TPSA) is 0 Å². The van der Waals surface area contributed by atoms with Crippen LogP contribution in [0.5, 0.6) is 0 Å². The fourth-order valence-corrected chi connectivity index (χ4v) is 0.427. The van der Waals surface area contributed by atoms with Gasteiger partial charge in [0.15, 0.2) is 0 Å². The summed E-state index contributed by atoms with van der Waals surface area (Å²) in [5.41, 5.74) is 0. The van der Waals surface area contributed by atoms with Crippen molar-refractivity contribution in [2.75, 3.05) is 0 Å². The molecule has 0 atom stereocenters. The van der Waals surface area contributed by atoms with Gasteiger partial charge in [0, 0.05) is 0 Å². The summed E-state index contributed by atoms with van der Waals surface area (Å²) < 4.78 is 0. The maximum absolute atomic E-state index is 3.72. The van der Waals surface area contributed by atoms with E-state index >= 15 is 0 Å². The Morgan fingerprint density at radius 2 is 1.27 bits per heavy atom. The van der Waals surface area contributed by atoms with Crippen molar-refractivity contribution in [1.29, 1.82) is 0 Å². The van der Waals surface area contributed by atoms with E-state index in [4.69, 9.17) is 0 Å². The molecule has 0 N–H and O–H groups in total. The van der Waals surface area contributed by atoms with Crippen LogP contribution in [0.15, 0.2) is 0 Å². The second kappa shape index (κ2) is 22.4. The Labute approximate surface area is 85.3 Å². The van der Waals surface area contributed by atoms with Crippen LogP contribution in [0.4, 0.5) is 0 Å². The molecule has 0 fully saturated rings. The summed E-state index contributed by atoms with van der Waals surface area (Å²) in [7, 11) is 0. The number of hydrogen-bond donors (Lipinski definition) is 0. The van der Waals surface area contributed by atoms with Crippen LogP contribution in [-0.4, -0.2) is 0 Å². The fourth-order valence-electron chi connectivity index (χ4n) is 0.427. The van der Waals surface area contributed by atoms with E-state index in [0.29, 0.717) is 0 Å². The zero-order valence-electron chi connectivity index (χ0n) is 8.66. The van der Waals surface area contributed by atoms with Crippen molar-refractivity contribution in [3.63, 3.8) is 0 Å². The second-order valence-corrected chi connectivity index (χ2v) is 2.41. The van der Waals surface area contributed by atoms with Gasteiger partial charge in [-0.3, -0.25) is 0 Å². The van der Waals surface area contributed by atoms with E-state index in [0.717, 1.165) is 12.8 Å². The second-order valence-electron chi connectivity index (χ2n) is 2.41. The van der Waals surface area contributed by atoms with Crippen LogP contribution in [0.25, 0.3) is 0 Å². The molecule has 0 aromatic rings. The molecule has 0 aromatic heterocycles. The average molecular weight is 149 g/mol. The largest absolute Gasteiger partial charge is 1.00 e. The van der Waals surface area contributed by atoms with Crippen molar-refractivity contribution >= 4 is 0 Å². The van der Waals surface area contributed by atoms with Crippen LogP contribution in [0.3, 0.4) is 0 Å². The molecule has 64 valence electrons. The predicted octanol–water partition coefficient (Wildman–Crippen LogP) is 1.03. The van der Waals surface area contributed by atoms with Gasteiger partial charge < -0.3 is 13.8 Å². The summed E-state index contributed by atoms with van der Waals surface area (Å²) in [5, 5.41) is 0. The van der Waals surface area contributed by atoms with E-state index in [9.17, 15) is 0 Å². The van der Waals surface area contributed by atoms with Crippen LogP contribution in [0, 0.1) is 13.8 Å². The molecule has 0 spiro atoms. The number of rotatable bonds is 4. The Balaban J connectivity index is -0.000000114. The Hall–Kier alpha value is 0.597. The Kier molecular flexibility index (Phi) is 35.9. The SMILES string of the molecule is [CH2-]CCC.[CH2-]CCCCC.[Li+]. The maximum atomic E-state index is 3.72. The van der Waals surface area contributed by atoms with E-state index in [2.05, 4.69) is 27.7 Å². The van der Waals surface area contributed by atoms with Gasteiger partial charge in [0.2, 0.25) is 0 Å². The Morgan fingerprint density at radius 1 is 0.818 bits per heavy atom. The molecular formula is C10H22Li-. The van der Waals surface area contributed by atoms with Crippen LogP contribution >= 0.6 is 0 Å². The van der Waals surface area contributed by atoms with Gasteiger partial charge in [-0.25, -0.2) is 0 Å². The minimum absolute atomic E-state index is 0. The summed E-state index contributed by atoms with van der Waals surface area (Å²) in [4.78, 5) is 0. The first-order valence-corrected chi connectivity index (χ1v) is 4.41. The van der Waals surface area contributed by atoms with E-state index in [1.54, 1.807) is 0 Å². The summed E-state index contributed by atoms with van der Waals surface area (Å²) >= 11 is 0. The van der Waals surface area contributed by atoms with Gasteiger partial charge in [0.1, 0.15) is 0 Å². The smallest absolute Gasteiger partial charge is 0.343 e. The van der Waals surface area contributed by atoms with Gasteiger partial charge in [-0.15, -0.1) is 0 Å². The number of unbranched alkanes of at least 4 members (excludes halogenated alkanes) is 4. The molecule has 0 nitrogen and oxygen atoms in total. The van der Waals surface area contributed by atoms with Crippen LogP contribution in [0.1, 0.15) is 52.4 Å².